The number of imidazole rings is 1. The molecule has 0 spiro atoms. The van der Waals surface area contributed by atoms with Gasteiger partial charge in [-0.05, 0) is 44.2 Å². The van der Waals surface area contributed by atoms with Gasteiger partial charge in [0.05, 0.1) is 22.4 Å². The first-order chi connectivity index (χ1) is 12.0. The second-order valence-electron chi connectivity index (χ2n) is 7.18. The summed E-state index contributed by atoms with van der Waals surface area (Å²) in [6, 6.07) is 4.10. The minimum absolute atomic E-state index is 0.0563. The third-order valence-corrected chi connectivity index (χ3v) is 5.25. The first-order valence-electron chi connectivity index (χ1n) is 9.06. The van der Waals surface area contributed by atoms with Gasteiger partial charge in [-0.3, -0.25) is 9.13 Å². The number of anilines is 2. The molecule has 2 amide bonds. The lowest BCUT2D eigenvalue weighted by Crippen LogP contribution is -2.33. The highest BCUT2D eigenvalue weighted by molar-refractivity contribution is 5.98. The van der Waals surface area contributed by atoms with Crippen molar-refractivity contribution in [2.75, 3.05) is 23.3 Å². The van der Waals surface area contributed by atoms with E-state index in [0.29, 0.717) is 6.04 Å². The van der Waals surface area contributed by atoms with Crippen molar-refractivity contribution in [2.24, 2.45) is 14.1 Å². The van der Waals surface area contributed by atoms with Crippen molar-refractivity contribution < 1.29 is 4.79 Å². The van der Waals surface area contributed by atoms with Crippen LogP contribution in [0.25, 0.3) is 11.0 Å². The van der Waals surface area contributed by atoms with Gasteiger partial charge in [-0.15, -0.1) is 0 Å². The fourth-order valence-electron chi connectivity index (χ4n) is 3.60. The zero-order valence-corrected chi connectivity index (χ0v) is 14.8. The molecule has 7 heteroatoms. The summed E-state index contributed by atoms with van der Waals surface area (Å²) in [6.07, 6.45) is 5.66. The van der Waals surface area contributed by atoms with Gasteiger partial charge in [-0.25, -0.2) is 9.59 Å². The highest BCUT2D eigenvalue weighted by atomic mass is 16.2. The Morgan fingerprint density at radius 1 is 1.04 bits per heavy atom. The van der Waals surface area contributed by atoms with Gasteiger partial charge in [-0.2, -0.15) is 0 Å². The quantitative estimate of drug-likeness (QED) is 0.897. The zero-order chi connectivity index (χ0) is 17.6. The Morgan fingerprint density at radius 2 is 1.68 bits per heavy atom. The monoisotopic (exact) mass is 343 g/mol. The Kier molecular flexibility index (Phi) is 3.94. The van der Waals surface area contributed by atoms with Crippen molar-refractivity contribution in [3.63, 3.8) is 0 Å². The Labute approximate surface area is 146 Å². The van der Waals surface area contributed by atoms with E-state index in [1.54, 1.807) is 23.2 Å². The van der Waals surface area contributed by atoms with Gasteiger partial charge in [-0.1, -0.05) is 0 Å². The predicted octanol–water partition coefficient (Wildman–Crippen LogP) is 2.15. The van der Waals surface area contributed by atoms with Crippen molar-refractivity contribution in [3.05, 3.63) is 22.6 Å². The van der Waals surface area contributed by atoms with Crippen molar-refractivity contribution in [2.45, 2.75) is 38.1 Å². The van der Waals surface area contributed by atoms with Crippen LogP contribution in [0, 0.1) is 0 Å². The van der Waals surface area contributed by atoms with Crippen molar-refractivity contribution in [1.29, 1.82) is 0 Å². The summed E-state index contributed by atoms with van der Waals surface area (Å²) < 4.78 is 3.29. The molecule has 0 unspecified atom stereocenters. The summed E-state index contributed by atoms with van der Waals surface area (Å²) in [5.41, 5.74) is 3.43. The minimum atomic E-state index is -0.166. The lowest BCUT2D eigenvalue weighted by molar-refractivity contribution is 0.251. The number of rotatable bonds is 3. The van der Waals surface area contributed by atoms with Crippen LogP contribution in [0.2, 0.25) is 0 Å². The van der Waals surface area contributed by atoms with Gasteiger partial charge < -0.3 is 15.5 Å². The van der Waals surface area contributed by atoms with Crippen LogP contribution in [-0.2, 0) is 14.1 Å². The fraction of sp³-hybridized carbons (Fsp3) is 0.556. The first kappa shape index (κ1) is 16.1. The SMILES string of the molecule is Cn1c(=O)n(C)c2cc(N3CCCCC3)c(NC(=O)NC3CC3)cc21. The molecule has 4 rings (SSSR count). The standard InChI is InChI=1S/C18H25N5O2/c1-21-15-10-13(20-17(24)19-12-6-7-12)14(23-8-4-3-5-9-23)11-16(15)22(2)18(21)25/h10-12H,3-9H2,1-2H3,(H2,19,20,24). The van der Waals surface area contributed by atoms with E-state index in [-0.39, 0.29) is 11.7 Å². The van der Waals surface area contributed by atoms with E-state index in [2.05, 4.69) is 15.5 Å². The lowest BCUT2D eigenvalue weighted by atomic mass is 10.1. The van der Waals surface area contributed by atoms with Crippen LogP contribution in [0.15, 0.2) is 16.9 Å². The minimum Gasteiger partial charge on any atom is -0.370 e. The van der Waals surface area contributed by atoms with E-state index in [1.165, 1.54) is 6.42 Å². The van der Waals surface area contributed by atoms with E-state index in [4.69, 9.17) is 0 Å². The lowest BCUT2D eigenvalue weighted by Gasteiger charge is -2.30. The zero-order valence-electron chi connectivity index (χ0n) is 14.8. The van der Waals surface area contributed by atoms with Crippen LogP contribution in [0.1, 0.15) is 32.1 Å². The summed E-state index contributed by atoms with van der Waals surface area (Å²) in [4.78, 5) is 26.9. The molecule has 2 N–H and O–H groups in total. The van der Waals surface area contributed by atoms with Crippen LogP contribution in [0.3, 0.4) is 0 Å². The van der Waals surface area contributed by atoms with Crippen LogP contribution < -0.4 is 21.2 Å². The number of fused-ring (bicyclic) bond motifs is 1. The number of nitrogens with one attached hydrogen (secondary N) is 2. The van der Waals surface area contributed by atoms with Gasteiger partial charge in [0.15, 0.2) is 0 Å². The maximum absolute atomic E-state index is 12.3. The molecule has 2 aliphatic rings. The predicted molar refractivity (Wildman–Crippen MR) is 99.4 cm³/mol. The molecule has 1 saturated carbocycles. The average molecular weight is 343 g/mol. The van der Waals surface area contributed by atoms with Gasteiger partial charge in [0.1, 0.15) is 0 Å². The number of aryl methyl sites for hydroxylation is 2. The Balaban J connectivity index is 1.77. The normalized spacial score (nSPS) is 17.8. The molecule has 0 bridgehead atoms. The summed E-state index contributed by atoms with van der Waals surface area (Å²) in [5, 5.41) is 5.98. The molecule has 1 saturated heterocycles. The highest BCUT2D eigenvalue weighted by Gasteiger charge is 2.25. The average Bonchev–Trinajstić information content (AvgIpc) is 3.40. The summed E-state index contributed by atoms with van der Waals surface area (Å²) >= 11 is 0. The molecule has 134 valence electrons. The Hall–Kier alpha value is -2.44. The van der Waals surface area contributed by atoms with E-state index >= 15 is 0 Å². The number of hydrogen-bond donors (Lipinski definition) is 2. The summed E-state index contributed by atoms with van der Waals surface area (Å²) in [7, 11) is 3.55. The molecular formula is C18H25N5O2. The Bertz CT molecular complexity index is 872. The van der Waals surface area contributed by atoms with Crippen molar-refractivity contribution in [1.82, 2.24) is 14.5 Å². The van der Waals surface area contributed by atoms with E-state index in [1.807, 2.05) is 12.1 Å². The number of piperidine rings is 1. The molecule has 2 fully saturated rings. The van der Waals surface area contributed by atoms with Crippen molar-refractivity contribution >= 4 is 28.4 Å². The molecule has 1 aromatic carbocycles. The molecule has 1 aliphatic heterocycles. The second-order valence-corrected chi connectivity index (χ2v) is 7.18. The number of carbonyl (C=O) groups excluding carboxylic acids is 1. The number of carbonyl (C=O) groups is 1. The van der Waals surface area contributed by atoms with Gasteiger partial charge in [0.25, 0.3) is 0 Å². The maximum Gasteiger partial charge on any atom is 0.328 e. The third-order valence-electron chi connectivity index (χ3n) is 5.25. The molecule has 0 atom stereocenters. The van der Waals surface area contributed by atoms with E-state index in [9.17, 15) is 9.59 Å². The second kappa shape index (κ2) is 6.13. The summed E-state index contributed by atoms with van der Waals surface area (Å²) in [5.74, 6) is 0. The van der Waals surface area contributed by atoms with Crippen LogP contribution in [0.5, 0.6) is 0 Å². The number of amides is 2. The maximum atomic E-state index is 12.3. The molecule has 1 aromatic heterocycles. The molecular weight excluding hydrogens is 318 g/mol. The molecule has 25 heavy (non-hydrogen) atoms. The van der Waals surface area contributed by atoms with E-state index < -0.39 is 0 Å². The molecule has 0 radical (unpaired) electrons. The summed E-state index contributed by atoms with van der Waals surface area (Å²) in [6.45, 7) is 1.95. The van der Waals surface area contributed by atoms with Gasteiger partial charge >= 0.3 is 11.7 Å². The van der Waals surface area contributed by atoms with Crippen LogP contribution >= 0.6 is 0 Å². The Morgan fingerprint density at radius 3 is 2.32 bits per heavy atom. The number of urea groups is 1. The number of nitrogens with zero attached hydrogens (tertiary/aromatic N) is 3. The number of aromatic nitrogens is 2. The number of hydrogen-bond acceptors (Lipinski definition) is 3. The molecule has 2 heterocycles. The van der Waals surface area contributed by atoms with E-state index in [0.717, 1.165) is 61.2 Å². The highest BCUT2D eigenvalue weighted by Crippen LogP contribution is 2.33. The fourth-order valence-corrected chi connectivity index (χ4v) is 3.60. The van der Waals surface area contributed by atoms with Crippen molar-refractivity contribution in [3.8, 4) is 0 Å². The largest absolute Gasteiger partial charge is 0.370 e. The molecule has 1 aliphatic carbocycles. The van der Waals surface area contributed by atoms with Crippen LogP contribution in [0.4, 0.5) is 16.2 Å². The molecule has 2 aromatic rings. The van der Waals surface area contributed by atoms with Gasteiger partial charge in [0, 0.05) is 33.2 Å². The smallest absolute Gasteiger partial charge is 0.328 e. The van der Waals surface area contributed by atoms with Gasteiger partial charge in [0.2, 0.25) is 0 Å². The molecule has 7 nitrogen and oxygen atoms in total. The number of benzene rings is 1. The topological polar surface area (TPSA) is 71.3 Å². The third kappa shape index (κ3) is 2.99. The first-order valence-corrected chi connectivity index (χ1v) is 9.06. The van der Waals surface area contributed by atoms with Crippen LogP contribution in [-0.4, -0.2) is 34.3 Å².